The average Bonchev–Trinajstić information content (AvgIpc) is 3.21. The van der Waals surface area contributed by atoms with Gasteiger partial charge in [-0.1, -0.05) is 37.4 Å². The monoisotopic (exact) mass is 744 g/mol. The van der Waals surface area contributed by atoms with Gasteiger partial charge in [-0.3, -0.25) is 0 Å². The molecule has 280 valence electrons. The number of esters is 5. The quantitative estimate of drug-likeness (QED) is 0.0302. The highest BCUT2D eigenvalue weighted by Crippen LogP contribution is 2.24. The summed E-state index contributed by atoms with van der Waals surface area (Å²) in [5.41, 5.74) is 1.89. The van der Waals surface area contributed by atoms with Crippen LogP contribution in [-0.4, -0.2) is 62.9 Å². The summed E-state index contributed by atoms with van der Waals surface area (Å²) < 4.78 is 37.2. The molecule has 0 unspecified atom stereocenters. The molecule has 0 aromatic heterocycles. The lowest BCUT2D eigenvalue weighted by atomic mass is 10.1. The summed E-state index contributed by atoms with van der Waals surface area (Å²) in [6.07, 6.45) is 2.58. The van der Waals surface area contributed by atoms with Gasteiger partial charge in [0.25, 0.3) is 0 Å². The maximum atomic E-state index is 12.8. The smallest absolute Gasteiger partial charge is 0.343 e. The van der Waals surface area contributed by atoms with Crippen LogP contribution in [0.1, 0.15) is 36.6 Å². The first-order chi connectivity index (χ1) is 26.7. The third-order valence-electron chi connectivity index (χ3n) is 7.72. The topological polar surface area (TPSA) is 150 Å². The van der Waals surface area contributed by atoms with E-state index >= 15 is 0 Å². The van der Waals surface area contributed by atoms with Gasteiger partial charge in [0.05, 0.1) is 23.3 Å². The summed E-state index contributed by atoms with van der Waals surface area (Å²) in [5, 5.41) is 1.52. The molecule has 0 bridgehead atoms. The van der Waals surface area contributed by atoms with E-state index in [-0.39, 0.29) is 33.0 Å². The van der Waals surface area contributed by atoms with E-state index in [1.54, 1.807) is 109 Å². The average molecular weight is 745 g/mol. The van der Waals surface area contributed by atoms with Gasteiger partial charge in [0, 0.05) is 18.6 Å². The summed E-state index contributed by atoms with van der Waals surface area (Å²) in [6, 6.07) is 29.8. The molecule has 5 aromatic rings. The number of fused-ring (bicyclic) bond motifs is 1. The molecule has 0 spiro atoms. The van der Waals surface area contributed by atoms with Crippen molar-refractivity contribution in [1.82, 2.24) is 0 Å². The van der Waals surface area contributed by atoms with Gasteiger partial charge in [0.1, 0.15) is 49.4 Å². The Bertz CT molecular complexity index is 2150. The minimum Gasteiger partial charge on any atom is -0.490 e. The number of ether oxygens (including phenoxy) is 7. The molecule has 12 heteroatoms. The Morgan fingerprint density at radius 2 is 0.891 bits per heavy atom. The van der Waals surface area contributed by atoms with Crippen LogP contribution in [0, 0.1) is 0 Å². The Morgan fingerprint density at radius 1 is 0.436 bits per heavy atom. The molecule has 0 saturated heterocycles. The van der Waals surface area contributed by atoms with Crippen molar-refractivity contribution >= 4 is 40.6 Å². The third-order valence-corrected chi connectivity index (χ3v) is 7.72. The second-order valence-electron chi connectivity index (χ2n) is 11.5. The van der Waals surface area contributed by atoms with E-state index in [9.17, 15) is 24.0 Å². The predicted molar refractivity (Wildman–Crippen MR) is 200 cm³/mol. The van der Waals surface area contributed by atoms with Crippen molar-refractivity contribution in [2.24, 2.45) is 0 Å². The van der Waals surface area contributed by atoms with Crippen molar-refractivity contribution in [2.45, 2.75) is 6.42 Å². The largest absolute Gasteiger partial charge is 0.490 e. The number of carbonyl (C=O) groups excluding carboxylic acids is 5. The summed E-state index contributed by atoms with van der Waals surface area (Å²) >= 11 is 0. The first-order valence-electron chi connectivity index (χ1n) is 17.0. The van der Waals surface area contributed by atoms with Crippen LogP contribution < -0.4 is 18.9 Å². The van der Waals surface area contributed by atoms with Crippen LogP contribution in [0.15, 0.2) is 135 Å². The van der Waals surface area contributed by atoms with Crippen molar-refractivity contribution in [1.29, 1.82) is 0 Å². The van der Waals surface area contributed by atoms with Crippen LogP contribution >= 0.6 is 0 Å². The number of carbonyl (C=O) groups is 5. The zero-order valence-electron chi connectivity index (χ0n) is 29.6. The van der Waals surface area contributed by atoms with E-state index in [0.717, 1.165) is 28.5 Å². The van der Waals surface area contributed by atoms with Crippen molar-refractivity contribution in [3.8, 4) is 23.0 Å². The predicted octanol–water partition coefficient (Wildman–Crippen LogP) is 6.89. The fourth-order valence-corrected chi connectivity index (χ4v) is 4.91. The lowest BCUT2D eigenvalue weighted by Gasteiger charge is -2.09. The van der Waals surface area contributed by atoms with E-state index in [0.29, 0.717) is 46.1 Å². The molecule has 0 saturated carbocycles. The normalized spacial score (nSPS) is 10.4. The van der Waals surface area contributed by atoms with E-state index in [1.165, 1.54) is 0 Å². The lowest BCUT2D eigenvalue weighted by Crippen LogP contribution is -2.11. The molecule has 0 amide bonds. The Hall–Kier alpha value is -7.21. The number of benzene rings is 5. The molecule has 0 atom stereocenters. The highest BCUT2D eigenvalue weighted by molar-refractivity contribution is 5.96. The first kappa shape index (κ1) is 39.0. The highest BCUT2D eigenvalue weighted by Gasteiger charge is 2.13. The van der Waals surface area contributed by atoms with Gasteiger partial charge in [-0.15, -0.1) is 0 Å². The van der Waals surface area contributed by atoms with E-state index in [4.69, 9.17) is 33.2 Å². The summed E-state index contributed by atoms with van der Waals surface area (Å²) in [6.45, 7) is 7.21. The minimum atomic E-state index is -0.556. The molecular formula is C43H36O12. The van der Waals surface area contributed by atoms with Crippen LogP contribution in [0.5, 0.6) is 23.0 Å². The molecule has 0 N–H and O–H groups in total. The lowest BCUT2D eigenvalue weighted by molar-refractivity contribution is -0.139. The molecule has 0 aliphatic rings. The van der Waals surface area contributed by atoms with Gasteiger partial charge in [-0.2, -0.15) is 0 Å². The zero-order chi connectivity index (χ0) is 39.0. The van der Waals surface area contributed by atoms with Crippen molar-refractivity contribution in [3.05, 3.63) is 157 Å². The molecular weight excluding hydrogens is 708 g/mol. The van der Waals surface area contributed by atoms with Crippen LogP contribution in [0.3, 0.4) is 0 Å². The fourth-order valence-electron chi connectivity index (χ4n) is 4.91. The van der Waals surface area contributed by atoms with Gasteiger partial charge >= 0.3 is 29.8 Å². The SMILES string of the molecule is C=CC(=O)OCCOc1ccc(C(=O)Oc2ccc(CCOC(=O)c3ccc4cc(OC(=O)c5ccc(OCCOC(=O)C=C)cc5)ccc4c3)cc2)cc1. The summed E-state index contributed by atoms with van der Waals surface area (Å²) in [7, 11) is 0. The fraction of sp³-hybridized carbons (Fsp3) is 0.140. The van der Waals surface area contributed by atoms with Gasteiger partial charge in [0.15, 0.2) is 0 Å². The molecule has 55 heavy (non-hydrogen) atoms. The molecule has 0 aliphatic heterocycles. The van der Waals surface area contributed by atoms with Gasteiger partial charge in [-0.25, -0.2) is 24.0 Å². The molecule has 0 radical (unpaired) electrons. The van der Waals surface area contributed by atoms with E-state index < -0.39 is 29.8 Å². The number of hydrogen-bond donors (Lipinski definition) is 0. The Balaban J connectivity index is 1.04. The van der Waals surface area contributed by atoms with Crippen molar-refractivity contribution in [3.63, 3.8) is 0 Å². The number of hydrogen-bond acceptors (Lipinski definition) is 12. The maximum absolute atomic E-state index is 12.8. The third kappa shape index (κ3) is 11.9. The molecule has 0 heterocycles. The Labute approximate surface area is 316 Å². The Morgan fingerprint density at radius 3 is 1.44 bits per heavy atom. The first-order valence-corrected chi connectivity index (χ1v) is 17.0. The van der Waals surface area contributed by atoms with Crippen LogP contribution in [0.25, 0.3) is 10.8 Å². The second kappa shape index (κ2) is 19.6. The molecule has 5 aromatic carbocycles. The standard InChI is InChI=1S/C43H36O12/c1-3-39(44)51-25-23-49-35-16-9-30(10-17-35)42(47)54-37-14-5-29(6-15-37)21-22-53-41(46)34-8-7-33-28-38(20-13-32(33)27-34)55-43(48)31-11-18-36(19-12-31)50-24-26-52-40(45)4-2/h3-20,27-28H,1-2,21-26H2. The zero-order valence-corrected chi connectivity index (χ0v) is 29.6. The molecule has 0 fully saturated rings. The van der Waals surface area contributed by atoms with Crippen LogP contribution in [0.4, 0.5) is 0 Å². The van der Waals surface area contributed by atoms with Gasteiger partial charge in [-0.05, 0) is 101 Å². The number of rotatable bonds is 18. The Kier molecular flexibility index (Phi) is 13.9. The highest BCUT2D eigenvalue weighted by atomic mass is 16.6. The molecule has 0 aliphatic carbocycles. The summed E-state index contributed by atoms with van der Waals surface area (Å²) in [4.78, 5) is 60.3. The molecule has 5 rings (SSSR count). The second-order valence-corrected chi connectivity index (χ2v) is 11.5. The van der Waals surface area contributed by atoms with Crippen molar-refractivity contribution in [2.75, 3.05) is 33.0 Å². The van der Waals surface area contributed by atoms with Gasteiger partial charge < -0.3 is 33.2 Å². The van der Waals surface area contributed by atoms with Crippen LogP contribution in [-0.2, 0) is 30.2 Å². The van der Waals surface area contributed by atoms with Crippen LogP contribution in [0.2, 0.25) is 0 Å². The van der Waals surface area contributed by atoms with E-state index in [1.807, 2.05) is 0 Å². The van der Waals surface area contributed by atoms with E-state index in [2.05, 4.69) is 13.2 Å². The summed E-state index contributed by atoms with van der Waals surface area (Å²) in [5.74, 6) is -0.964. The van der Waals surface area contributed by atoms with Gasteiger partial charge in [0.2, 0.25) is 0 Å². The maximum Gasteiger partial charge on any atom is 0.343 e. The minimum absolute atomic E-state index is 0.0662. The molecule has 12 nitrogen and oxygen atoms in total. The van der Waals surface area contributed by atoms with Crippen molar-refractivity contribution < 1.29 is 57.1 Å².